The number of halogens is 2. The molecule has 0 spiro atoms. The van der Waals surface area contributed by atoms with Crippen LogP contribution in [0.3, 0.4) is 0 Å². The molecular formula is C37H38BrFN6O4. The SMILES string of the molecule is CC(=O)c1nn2c3c(cc(-c4cnc(C)nc4)cc13)CCCCCCC(=O)CC[C@@]13C[C@@H](C(=O)Cc4cc(F)cc(Br)n4)N(C(=O)C2)[C@@H]1C3. The topological polar surface area (TPSA) is 128 Å². The summed E-state index contributed by atoms with van der Waals surface area (Å²) in [4.78, 5) is 68.9. The normalized spacial score (nSPS) is 23.0. The van der Waals surface area contributed by atoms with Gasteiger partial charge in [0.05, 0.1) is 23.7 Å². The van der Waals surface area contributed by atoms with E-state index in [1.54, 1.807) is 22.0 Å². The van der Waals surface area contributed by atoms with E-state index in [9.17, 15) is 23.6 Å². The zero-order valence-electron chi connectivity index (χ0n) is 27.7. The Morgan fingerprint density at radius 3 is 2.47 bits per heavy atom. The Morgan fingerprint density at radius 2 is 1.73 bits per heavy atom. The first-order chi connectivity index (χ1) is 23.5. The van der Waals surface area contributed by atoms with Gasteiger partial charge in [0, 0.05) is 55.2 Å². The van der Waals surface area contributed by atoms with E-state index in [1.165, 1.54) is 19.1 Å². The molecule has 1 amide bonds. The summed E-state index contributed by atoms with van der Waals surface area (Å²) in [5.74, 6) is -0.329. The molecule has 0 unspecified atom stereocenters. The van der Waals surface area contributed by atoms with Crippen molar-refractivity contribution in [3.8, 4) is 11.1 Å². The number of piperidine rings is 1. The molecule has 1 aliphatic carbocycles. The standard InChI is InChI=1S/C37H38BrFN6O4/c1-21(46)35-29-12-24(25-18-40-22(2)41-19-25)11-23-7-5-3-4-6-8-28(47)9-10-37-16-30(31(48)15-27-13-26(39)14-33(38)42-27)45(32(37)17-37)34(49)20-44(43-35)36(23)29/h11-14,18-19,30,32H,3-10,15-17,20H2,1-2H3/t30-,32+,37-/m0/s1. The summed E-state index contributed by atoms with van der Waals surface area (Å²) < 4.78 is 16.1. The van der Waals surface area contributed by atoms with Crippen LogP contribution in [0.25, 0.3) is 22.0 Å². The van der Waals surface area contributed by atoms with E-state index in [-0.39, 0.29) is 59.1 Å². The molecule has 1 aromatic carbocycles. The number of amides is 1. The van der Waals surface area contributed by atoms with E-state index in [1.807, 2.05) is 13.0 Å². The van der Waals surface area contributed by atoms with Crippen molar-refractivity contribution < 1.29 is 23.6 Å². The zero-order valence-corrected chi connectivity index (χ0v) is 29.3. The van der Waals surface area contributed by atoms with Crippen molar-refractivity contribution in [1.82, 2.24) is 29.6 Å². The van der Waals surface area contributed by atoms with Crippen LogP contribution in [-0.4, -0.2) is 65.0 Å². The number of aromatic nitrogens is 5. The van der Waals surface area contributed by atoms with Gasteiger partial charge in [0.2, 0.25) is 5.91 Å². The van der Waals surface area contributed by atoms with Crippen molar-refractivity contribution >= 4 is 50.1 Å². The molecule has 2 aliphatic heterocycles. The largest absolute Gasteiger partial charge is 0.327 e. The second-order valence-corrected chi connectivity index (χ2v) is 14.7. The number of nitrogens with zero attached hydrogens (tertiary/aromatic N) is 6. The number of ketones is 3. The van der Waals surface area contributed by atoms with Crippen LogP contribution in [0.2, 0.25) is 0 Å². The molecule has 0 radical (unpaired) electrons. The van der Waals surface area contributed by atoms with E-state index in [0.717, 1.165) is 54.3 Å². The molecule has 254 valence electrons. The molecule has 4 aromatic rings. The van der Waals surface area contributed by atoms with Crippen LogP contribution in [-0.2, 0) is 33.8 Å². The van der Waals surface area contributed by atoms with Crippen LogP contribution in [0.15, 0.2) is 41.3 Å². The number of benzene rings is 1. The summed E-state index contributed by atoms with van der Waals surface area (Å²) in [6.45, 7) is 3.15. The summed E-state index contributed by atoms with van der Waals surface area (Å²) in [6.07, 6.45) is 10.4. The molecule has 2 bridgehead atoms. The maximum atomic E-state index is 14.4. The fourth-order valence-corrected chi connectivity index (χ4v) is 8.37. The number of rotatable bonds is 5. The molecule has 3 aromatic heterocycles. The van der Waals surface area contributed by atoms with E-state index < -0.39 is 11.9 Å². The highest BCUT2D eigenvalue weighted by molar-refractivity contribution is 9.10. The molecule has 49 heavy (non-hydrogen) atoms. The van der Waals surface area contributed by atoms with Gasteiger partial charge in [-0.05, 0) is 96.1 Å². The molecule has 1 saturated heterocycles. The molecule has 1 saturated carbocycles. The number of carbonyl (C=O) groups excluding carboxylic acids is 4. The van der Waals surface area contributed by atoms with Gasteiger partial charge in [-0.1, -0.05) is 12.8 Å². The van der Waals surface area contributed by atoms with Crippen LogP contribution < -0.4 is 0 Å². The van der Waals surface area contributed by atoms with Crippen molar-refractivity contribution in [1.29, 1.82) is 0 Å². The third kappa shape index (κ3) is 6.71. The van der Waals surface area contributed by atoms with Gasteiger partial charge in [0.15, 0.2) is 11.6 Å². The van der Waals surface area contributed by atoms with E-state index in [4.69, 9.17) is 5.10 Å². The molecular weight excluding hydrogens is 691 g/mol. The van der Waals surface area contributed by atoms with Crippen LogP contribution in [0.1, 0.15) is 92.3 Å². The van der Waals surface area contributed by atoms with Gasteiger partial charge < -0.3 is 4.90 Å². The molecule has 0 N–H and O–H groups in total. The maximum Gasteiger partial charge on any atom is 0.245 e. The van der Waals surface area contributed by atoms with Crippen LogP contribution in [0.5, 0.6) is 0 Å². The fraction of sp³-hybridized carbons (Fsp3) is 0.459. The Balaban J connectivity index is 1.28. The van der Waals surface area contributed by atoms with Crippen LogP contribution in [0.4, 0.5) is 4.39 Å². The zero-order chi connectivity index (χ0) is 34.4. The highest BCUT2D eigenvalue weighted by Gasteiger charge is 2.66. The molecule has 3 aliphatic rings. The molecule has 12 heteroatoms. The second kappa shape index (κ2) is 13.3. The lowest BCUT2D eigenvalue weighted by Crippen LogP contribution is -2.45. The van der Waals surface area contributed by atoms with Gasteiger partial charge in [-0.2, -0.15) is 5.10 Å². The molecule has 2 fully saturated rings. The van der Waals surface area contributed by atoms with Crippen molar-refractivity contribution in [2.45, 2.75) is 103 Å². The first-order valence-electron chi connectivity index (χ1n) is 17.0. The number of Topliss-reactive ketones (excluding diaryl/α,β-unsaturated/α-hetero) is 3. The Hall–Kier alpha value is -4.19. The first kappa shape index (κ1) is 33.3. The lowest BCUT2D eigenvalue weighted by molar-refractivity contribution is -0.139. The van der Waals surface area contributed by atoms with E-state index in [0.29, 0.717) is 47.9 Å². The Kier molecular flexibility index (Phi) is 9.02. The number of hydrogen-bond acceptors (Lipinski definition) is 8. The summed E-state index contributed by atoms with van der Waals surface area (Å²) in [6, 6.07) is 5.55. The fourth-order valence-electron chi connectivity index (χ4n) is 7.92. The predicted octanol–water partition coefficient (Wildman–Crippen LogP) is 6.33. The summed E-state index contributed by atoms with van der Waals surface area (Å²) >= 11 is 3.20. The first-order valence-corrected chi connectivity index (χ1v) is 17.8. The van der Waals surface area contributed by atoms with Gasteiger partial charge >= 0.3 is 0 Å². The number of carbonyl (C=O) groups is 4. The number of aryl methyl sites for hydroxylation is 2. The van der Waals surface area contributed by atoms with Gasteiger partial charge in [0.25, 0.3) is 0 Å². The van der Waals surface area contributed by atoms with E-state index >= 15 is 0 Å². The minimum atomic E-state index is -0.731. The summed E-state index contributed by atoms with van der Waals surface area (Å²) in [7, 11) is 0. The maximum absolute atomic E-state index is 14.4. The van der Waals surface area contributed by atoms with Gasteiger partial charge in [-0.25, -0.2) is 19.3 Å². The average molecular weight is 730 g/mol. The predicted molar refractivity (Wildman–Crippen MR) is 183 cm³/mol. The lowest BCUT2D eigenvalue weighted by Gasteiger charge is -2.27. The molecule has 3 atom stereocenters. The van der Waals surface area contributed by atoms with Gasteiger partial charge in [-0.15, -0.1) is 0 Å². The minimum absolute atomic E-state index is 0.124. The van der Waals surface area contributed by atoms with Gasteiger partial charge in [0.1, 0.15) is 34.3 Å². The molecule has 7 rings (SSSR count). The second-order valence-electron chi connectivity index (χ2n) is 13.9. The smallest absolute Gasteiger partial charge is 0.245 e. The average Bonchev–Trinajstić information content (AvgIpc) is 3.46. The number of pyridine rings is 1. The molecule has 5 heterocycles. The molecule has 10 nitrogen and oxygen atoms in total. The van der Waals surface area contributed by atoms with Crippen LogP contribution >= 0.6 is 15.9 Å². The Morgan fingerprint density at radius 1 is 0.980 bits per heavy atom. The van der Waals surface area contributed by atoms with E-state index in [2.05, 4.69) is 36.9 Å². The van der Waals surface area contributed by atoms with Crippen molar-refractivity contribution in [2.75, 3.05) is 0 Å². The third-order valence-electron chi connectivity index (χ3n) is 10.5. The third-order valence-corrected chi connectivity index (χ3v) is 10.9. The lowest BCUT2D eigenvalue weighted by atomic mass is 9.90. The number of hydrogen-bond donors (Lipinski definition) is 0. The summed E-state index contributed by atoms with van der Waals surface area (Å²) in [5, 5.41) is 5.39. The Labute approximate surface area is 292 Å². The van der Waals surface area contributed by atoms with Crippen molar-refractivity contribution in [2.24, 2.45) is 5.41 Å². The monoisotopic (exact) mass is 728 g/mol. The van der Waals surface area contributed by atoms with Crippen LogP contribution in [0, 0.1) is 18.2 Å². The van der Waals surface area contributed by atoms with Crippen molar-refractivity contribution in [3.05, 3.63) is 69.9 Å². The Bertz CT molecular complexity index is 1970. The highest BCUT2D eigenvalue weighted by atomic mass is 79.9. The quantitative estimate of drug-likeness (QED) is 0.172. The summed E-state index contributed by atoms with van der Waals surface area (Å²) in [5.41, 5.74) is 3.62. The highest BCUT2D eigenvalue weighted by Crippen LogP contribution is 2.62. The van der Waals surface area contributed by atoms with Crippen molar-refractivity contribution in [3.63, 3.8) is 0 Å². The minimum Gasteiger partial charge on any atom is -0.327 e. The van der Waals surface area contributed by atoms with Gasteiger partial charge in [-0.3, -0.25) is 23.9 Å².